The molecule has 0 saturated heterocycles. The molecule has 1 amide bonds. The molecule has 1 aliphatic rings. The van der Waals surface area contributed by atoms with Crippen molar-refractivity contribution in [3.8, 4) is 11.5 Å². The van der Waals surface area contributed by atoms with Gasteiger partial charge in [-0.3, -0.25) is 9.52 Å². The second-order valence-electron chi connectivity index (χ2n) is 7.59. The first-order valence-electron chi connectivity index (χ1n) is 10.3. The quantitative estimate of drug-likeness (QED) is 0.476. The molecule has 0 saturated carbocycles. The van der Waals surface area contributed by atoms with Gasteiger partial charge < -0.3 is 14.8 Å². The third-order valence-corrected chi connectivity index (χ3v) is 7.48. The Labute approximate surface area is 197 Å². The average molecular weight is 485 g/mol. The van der Waals surface area contributed by atoms with Crippen molar-refractivity contribution in [3.05, 3.63) is 71.8 Å². The van der Waals surface area contributed by atoms with Gasteiger partial charge in [0.25, 0.3) is 10.0 Å². The number of aryl methyl sites for hydroxylation is 2. The van der Waals surface area contributed by atoms with Gasteiger partial charge in [-0.15, -0.1) is 11.8 Å². The third kappa shape index (κ3) is 5.80. The van der Waals surface area contributed by atoms with E-state index in [1.165, 1.54) is 23.9 Å². The molecule has 0 aromatic heterocycles. The number of anilines is 2. The van der Waals surface area contributed by atoms with E-state index in [0.717, 1.165) is 16.0 Å². The molecular weight excluding hydrogens is 460 g/mol. The summed E-state index contributed by atoms with van der Waals surface area (Å²) in [6.45, 7) is 4.85. The molecule has 0 fully saturated rings. The van der Waals surface area contributed by atoms with Crippen LogP contribution in [-0.2, 0) is 14.8 Å². The molecule has 7 nitrogen and oxygen atoms in total. The largest absolute Gasteiger partial charge is 0.486 e. The minimum absolute atomic E-state index is 0.0765. The Morgan fingerprint density at radius 1 is 0.909 bits per heavy atom. The van der Waals surface area contributed by atoms with Crippen LogP contribution in [0.5, 0.6) is 11.5 Å². The predicted molar refractivity (Wildman–Crippen MR) is 130 cm³/mol. The molecule has 4 rings (SSSR count). The Morgan fingerprint density at radius 3 is 2.36 bits per heavy atom. The van der Waals surface area contributed by atoms with E-state index in [0.29, 0.717) is 36.1 Å². The predicted octanol–water partition coefficient (Wildman–Crippen LogP) is 4.61. The summed E-state index contributed by atoms with van der Waals surface area (Å²) in [6.07, 6.45) is 0. The van der Waals surface area contributed by atoms with Crippen molar-refractivity contribution in [1.82, 2.24) is 0 Å². The topological polar surface area (TPSA) is 93.7 Å². The van der Waals surface area contributed by atoms with E-state index in [2.05, 4.69) is 16.1 Å². The molecule has 9 heteroatoms. The number of rotatable bonds is 7. The highest BCUT2D eigenvalue weighted by Gasteiger charge is 2.19. The van der Waals surface area contributed by atoms with Crippen molar-refractivity contribution >= 4 is 39.1 Å². The number of fused-ring (bicyclic) bond motifs is 1. The zero-order chi connectivity index (χ0) is 23.4. The van der Waals surface area contributed by atoms with Gasteiger partial charge in [0.15, 0.2) is 11.5 Å². The molecule has 2 N–H and O–H groups in total. The Morgan fingerprint density at radius 2 is 1.61 bits per heavy atom. The van der Waals surface area contributed by atoms with Gasteiger partial charge in [0.2, 0.25) is 5.91 Å². The number of carbonyl (C=O) groups is 1. The molecule has 0 unspecified atom stereocenters. The average Bonchev–Trinajstić information content (AvgIpc) is 2.80. The molecule has 3 aromatic rings. The minimum atomic E-state index is -3.81. The van der Waals surface area contributed by atoms with Crippen molar-refractivity contribution in [1.29, 1.82) is 0 Å². The number of sulfonamides is 1. The maximum atomic E-state index is 12.7. The van der Waals surface area contributed by atoms with Crippen LogP contribution >= 0.6 is 11.8 Å². The van der Waals surface area contributed by atoms with Crippen LogP contribution in [0.4, 0.5) is 11.4 Å². The van der Waals surface area contributed by atoms with Crippen LogP contribution in [0.25, 0.3) is 0 Å². The molecule has 1 heterocycles. The highest BCUT2D eigenvalue weighted by molar-refractivity contribution is 8.00. The van der Waals surface area contributed by atoms with Gasteiger partial charge in [-0.1, -0.05) is 17.7 Å². The van der Waals surface area contributed by atoms with Crippen LogP contribution in [0.15, 0.2) is 70.5 Å². The van der Waals surface area contributed by atoms with Gasteiger partial charge in [0.1, 0.15) is 13.2 Å². The minimum Gasteiger partial charge on any atom is -0.486 e. The van der Waals surface area contributed by atoms with Crippen molar-refractivity contribution in [2.24, 2.45) is 0 Å². The van der Waals surface area contributed by atoms with Crippen LogP contribution in [0, 0.1) is 13.8 Å². The van der Waals surface area contributed by atoms with Crippen LogP contribution in [0.1, 0.15) is 11.1 Å². The Hall–Kier alpha value is -3.17. The monoisotopic (exact) mass is 484 g/mol. The number of hydrogen-bond acceptors (Lipinski definition) is 6. The standard InChI is InChI=1S/C24H24N2O5S2/c1-16-3-4-17(2)23(13-16)32-15-24(27)25-18-5-7-19(8-6-18)26-33(28,29)20-9-10-21-22(14-20)31-12-11-30-21/h3-10,13-14,26H,11-12,15H2,1-2H3,(H,25,27). The number of ether oxygens (including phenoxy) is 2. The van der Waals surface area contributed by atoms with Crippen LogP contribution < -0.4 is 19.5 Å². The number of nitrogens with one attached hydrogen (secondary N) is 2. The zero-order valence-electron chi connectivity index (χ0n) is 18.3. The lowest BCUT2D eigenvalue weighted by atomic mass is 10.2. The van der Waals surface area contributed by atoms with Crippen molar-refractivity contribution in [2.75, 3.05) is 29.0 Å². The van der Waals surface area contributed by atoms with E-state index in [4.69, 9.17) is 9.47 Å². The Bertz CT molecular complexity index is 1270. The molecule has 1 aliphatic heterocycles. The van der Waals surface area contributed by atoms with Crippen molar-refractivity contribution < 1.29 is 22.7 Å². The maximum absolute atomic E-state index is 12.7. The summed E-state index contributed by atoms with van der Waals surface area (Å²) in [7, 11) is -3.81. The van der Waals surface area contributed by atoms with E-state index in [1.54, 1.807) is 30.3 Å². The molecule has 33 heavy (non-hydrogen) atoms. The first-order chi connectivity index (χ1) is 15.8. The summed E-state index contributed by atoms with van der Waals surface area (Å²) in [5.74, 6) is 1.07. The SMILES string of the molecule is Cc1ccc(C)c(SCC(=O)Nc2ccc(NS(=O)(=O)c3ccc4c(c3)OCCO4)cc2)c1. The summed E-state index contributed by atoms with van der Waals surface area (Å²) < 4.78 is 38.9. The number of benzene rings is 3. The molecule has 0 aliphatic carbocycles. The van der Waals surface area contributed by atoms with Gasteiger partial charge in [-0.25, -0.2) is 8.42 Å². The van der Waals surface area contributed by atoms with Gasteiger partial charge in [0.05, 0.1) is 10.6 Å². The molecule has 0 atom stereocenters. The van der Waals surface area contributed by atoms with Gasteiger partial charge >= 0.3 is 0 Å². The van der Waals surface area contributed by atoms with Crippen LogP contribution in [0.2, 0.25) is 0 Å². The van der Waals surface area contributed by atoms with E-state index in [-0.39, 0.29) is 16.6 Å². The summed E-state index contributed by atoms with van der Waals surface area (Å²) in [4.78, 5) is 13.5. The fraction of sp³-hybridized carbons (Fsp3) is 0.208. The number of thioether (sulfide) groups is 1. The summed E-state index contributed by atoms with van der Waals surface area (Å²) in [6, 6.07) is 17.2. The summed E-state index contributed by atoms with van der Waals surface area (Å²) in [5.41, 5.74) is 3.25. The normalized spacial score (nSPS) is 12.8. The molecule has 3 aromatic carbocycles. The second kappa shape index (κ2) is 9.76. The lowest BCUT2D eigenvalue weighted by molar-refractivity contribution is -0.113. The summed E-state index contributed by atoms with van der Waals surface area (Å²) >= 11 is 1.48. The fourth-order valence-corrected chi connectivity index (χ4v) is 5.23. The van der Waals surface area contributed by atoms with Crippen molar-refractivity contribution in [2.45, 2.75) is 23.6 Å². The molecule has 172 valence electrons. The summed E-state index contributed by atoms with van der Waals surface area (Å²) in [5, 5.41) is 2.83. The first kappa shape index (κ1) is 23.0. The molecular formula is C24H24N2O5S2. The van der Waals surface area contributed by atoms with Gasteiger partial charge in [-0.2, -0.15) is 0 Å². The number of hydrogen-bond donors (Lipinski definition) is 2. The maximum Gasteiger partial charge on any atom is 0.262 e. The smallest absolute Gasteiger partial charge is 0.262 e. The lowest BCUT2D eigenvalue weighted by Gasteiger charge is -2.19. The first-order valence-corrected chi connectivity index (χ1v) is 12.8. The third-order valence-electron chi connectivity index (χ3n) is 4.95. The Kier molecular flexibility index (Phi) is 6.80. The van der Waals surface area contributed by atoms with E-state index in [1.807, 2.05) is 26.0 Å². The van der Waals surface area contributed by atoms with Crippen LogP contribution in [-0.4, -0.2) is 33.3 Å². The molecule has 0 spiro atoms. The van der Waals surface area contributed by atoms with Gasteiger partial charge in [-0.05, 0) is 61.9 Å². The Balaban J connectivity index is 1.36. The van der Waals surface area contributed by atoms with E-state index in [9.17, 15) is 13.2 Å². The molecule has 0 bridgehead atoms. The van der Waals surface area contributed by atoms with E-state index < -0.39 is 10.0 Å². The van der Waals surface area contributed by atoms with Gasteiger partial charge in [0, 0.05) is 22.3 Å². The highest BCUT2D eigenvalue weighted by atomic mass is 32.2. The number of amides is 1. The molecule has 0 radical (unpaired) electrons. The van der Waals surface area contributed by atoms with Crippen LogP contribution in [0.3, 0.4) is 0 Å². The van der Waals surface area contributed by atoms with E-state index >= 15 is 0 Å². The number of carbonyl (C=O) groups excluding carboxylic acids is 1. The highest BCUT2D eigenvalue weighted by Crippen LogP contribution is 2.33. The zero-order valence-corrected chi connectivity index (χ0v) is 19.9. The fourth-order valence-electron chi connectivity index (χ4n) is 3.23. The second-order valence-corrected chi connectivity index (χ2v) is 10.3. The van der Waals surface area contributed by atoms with Crippen molar-refractivity contribution in [3.63, 3.8) is 0 Å². The lowest BCUT2D eigenvalue weighted by Crippen LogP contribution is -2.17.